The van der Waals surface area contributed by atoms with Gasteiger partial charge in [-0.05, 0) is 43.3 Å². The van der Waals surface area contributed by atoms with Crippen LogP contribution in [0.3, 0.4) is 0 Å². The average molecular weight is 396 g/mol. The van der Waals surface area contributed by atoms with Crippen molar-refractivity contribution in [2.24, 2.45) is 0 Å². The maximum absolute atomic E-state index is 13.5. The summed E-state index contributed by atoms with van der Waals surface area (Å²) in [6.45, 7) is 1.72. The van der Waals surface area contributed by atoms with Crippen LogP contribution in [-0.2, 0) is 12.1 Å². The van der Waals surface area contributed by atoms with Gasteiger partial charge in [-0.2, -0.15) is 5.10 Å². The summed E-state index contributed by atoms with van der Waals surface area (Å²) in [5.74, 6) is 0.0327. The van der Waals surface area contributed by atoms with Crippen LogP contribution in [0.15, 0.2) is 55.1 Å². The minimum atomic E-state index is -1.59. The molecular formula is C18H16Cl2FN3O2. The van der Waals surface area contributed by atoms with Gasteiger partial charge in [-0.15, -0.1) is 0 Å². The highest BCUT2D eigenvalue weighted by Crippen LogP contribution is 2.35. The van der Waals surface area contributed by atoms with Crippen molar-refractivity contribution in [2.75, 3.05) is 0 Å². The molecule has 26 heavy (non-hydrogen) atoms. The lowest BCUT2D eigenvalue weighted by Gasteiger charge is -2.35. The van der Waals surface area contributed by atoms with Crippen LogP contribution in [0.4, 0.5) is 4.39 Å². The molecule has 0 aliphatic carbocycles. The van der Waals surface area contributed by atoms with Crippen LogP contribution in [0.5, 0.6) is 5.75 Å². The molecule has 3 rings (SSSR count). The number of benzene rings is 2. The summed E-state index contributed by atoms with van der Waals surface area (Å²) >= 11 is 12.1. The standard InChI is InChI=1S/C18H16Cl2FN3O2/c1-12(26-15-5-2-13(19)3-6-15)18(25,9-24-11-22-10-23-24)16-7-4-14(21)8-17(16)20/h2-8,10-12,25H,9H2,1H3. The molecule has 8 heteroatoms. The van der Waals surface area contributed by atoms with Gasteiger partial charge in [0.05, 0.1) is 6.54 Å². The summed E-state index contributed by atoms with van der Waals surface area (Å²) in [6, 6.07) is 10.6. The molecule has 136 valence electrons. The summed E-state index contributed by atoms with van der Waals surface area (Å²) in [5.41, 5.74) is -1.25. The van der Waals surface area contributed by atoms with Gasteiger partial charge in [-0.3, -0.25) is 0 Å². The highest BCUT2D eigenvalue weighted by Gasteiger charge is 2.40. The molecule has 0 aliphatic heterocycles. The van der Waals surface area contributed by atoms with E-state index in [1.54, 1.807) is 31.2 Å². The first kappa shape index (κ1) is 18.6. The van der Waals surface area contributed by atoms with Crippen LogP contribution in [0, 0.1) is 5.82 Å². The van der Waals surface area contributed by atoms with Crippen LogP contribution < -0.4 is 4.74 Å². The Morgan fingerprint density at radius 2 is 1.96 bits per heavy atom. The van der Waals surface area contributed by atoms with Crippen molar-refractivity contribution >= 4 is 23.2 Å². The Hall–Kier alpha value is -2.15. The predicted molar refractivity (Wildman–Crippen MR) is 96.9 cm³/mol. The zero-order chi connectivity index (χ0) is 18.7. The van der Waals surface area contributed by atoms with Gasteiger partial charge in [-0.1, -0.05) is 29.3 Å². The quantitative estimate of drug-likeness (QED) is 0.682. The number of hydrogen-bond acceptors (Lipinski definition) is 4. The van der Waals surface area contributed by atoms with Crippen LogP contribution >= 0.6 is 23.2 Å². The SMILES string of the molecule is CC(Oc1ccc(Cl)cc1)C(O)(Cn1cncn1)c1ccc(F)cc1Cl. The third kappa shape index (κ3) is 3.98. The highest BCUT2D eigenvalue weighted by atomic mass is 35.5. The van der Waals surface area contributed by atoms with Gasteiger partial charge in [0.2, 0.25) is 0 Å². The van der Waals surface area contributed by atoms with Gasteiger partial charge in [0.1, 0.15) is 35.9 Å². The Balaban J connectivity index is 1.97. The minimum Gasteiger partial charge on any atom is -0.487 e. The lowest BCUT2D eigenvalue weighted by atomic mass is 9.88. The first-order valence-corrected chi connectivity index (χ1v) is 8.56. The number of halogens is 3. The molecule has 0 aliphatic rings. The van der Waals surface area contributed by atoms with Crippen molar-refractivity contribution in [3.63, 3.8) is 0 Å². The van der Waals surface area contributed by atoms with Gasteiger partial charge in [0, 0.05) is 15.6 Å². The first-order chi connectivity index (χ1) is 12.4. The Labute approximate surface area is 160 Å². The number of nitrogens with zero attached hydrogens (tertiary/aromatic N) is 3. The Morgan fingerprint density at radius 3 is 2.58 bits per heavy atom. The van der Waals surface area contributed by atoms with E-state index in [9.17, 15) is 9.50 Å². The molecule has 0 saturated carbocycles. The average Bonchev–Trinajstić information content (AvgIpc) is 3.09. The molecule has 1 heterocycles. The smallest absolute Gasteiger partial charge is 0.147 e. The summed E-state index contributed by atoms with van der Waals surface area (Å²) in [5, 5.41) is 16.2. The molecule has 0 saturated heterocycles. The number of rotatable bonds is 6. The van der Waals surface area contributed by atoms with E-state index in [0.29, 0.717) is 16.3 Å². The molecule has 1 aromatic heterocycles. The van der Waals surface area contributed by atoms with Crippen LogP contribution in [-0.4, -0.2) is 26.0 Å². The summed E-state index contributed by atoms with van der Waals surface area (Å²) in [6.07, 6.45) is 2.09. The van der Waals surface area contributed by atoms with Crippen molar-refractivity contribution in [1.82, 2.24) is 14.8 Å². The van der Waals surface area contributed by atoms with Crippen molar-refractivity contribution in [2.45, 2.75) is 25.2 Å². The fraction of sp³-hybridized carbons (Fsp3) is 0.222. The zero-order valence-electron chi connectivity index (χ0n) is 13.8. The van der Waals surface area contributed by atoms with E-state index in [1.807, 2.05) is 0 Å². The predicted octanol–water partition coefficient (Wildman–Crippen LogP) is 4.08. The molecule has 0 bridgehead atoms. The van der Waals surface area contributed by atoms with Crippen LogP contribution in [0.25, 0.3) is 0 Å². The molecule has 3 aromatic rings. The molecule has 2 unspecified atom stereocenters. The largest absolute Gasteiger partial charge is 0.487 e. The highest BCUT2D eigenvalue weighted by molar-refractivity contribution is 6.31. The molecule has 2 aromatic carbocycles. The second kappa shape index (κ2) is 7.61. The third-order valence-electron chi connectivity index (χ3n) is 4.07. The number of ether oxygens (including phenoxy) is 1. The van der Waals surface area contributed by atoms with Crippen molar-refractivity contribution in [3.05, 3.63) is 76.5 Å². The van der Waals surface area contributed by atoms with Crippen molar-refractivity contribution in [3.8, 4) is 5.75 Å². The summed E-state index contributed by atoms with van der Waals surface area (Å²) in [7, 11) is 0. The van der Waals surface area contributed by atoms with E-state index >= 15 is 0 Å². The maximum Gasteiger partial charge on any atom is 0.147 e. The van der Waals surface area contributed by atoms with E-state index in [2.05, 4.69) is 10.1 Å². The normalized spacial score (nSPS) is 14.7. The number of aromatic nitrogens is 3. The molecule has 2 atom stereocenters. The fourth-order valence-electron chi connectivity index (χ4n) is 2.65. The van der Waals surface area contributed by atoms with Gasteiger partial charge in [0.25, 0.3) is 0 Å². The second-order valence-electron chi connectivity index (χ2n) is 5.86. The van der Waals surface area contributed by atoms with Gasteiger partial charge in [-0.25, -0.2) is 14.1 Å². The molecule has 0 spiro atoms. The lowest BCUT2D eigenvalue weighted by molar-refractivity contribution is -0.0736. The molecule has 1 N–H and O–H groups in total. The summed E-state index contributed by atoms with van der Waals surface area (Å²) in [4.78, 5) is 3.88. The Kier molecular flexibility index (Phi) is 5.46. The van der Waals surface area contributed by atoms with E-state index < -0.39 is 17.5 Å². The second-order valence-corrected chi connectivity index (χ2v) is 6.70. The molecule has 5 nitrogen and oxygen atoms in total. The van der Waals surface area contributed by atoms with Crippen LogP contribution in [0.2, 0.25) is 10.0 Å². The molecule has 0 amide bonds. The lowest BCUT2D eigenvalue weighted by Crippen LogP contribution is -2.45. The van der Waals surface area contributed by atoms with E-state index in [0.717, 1.165) is 6.07 Å². The number of hydrogen-bond donors (Lipinski definition) is 1. The number of aliphatic hydroxyl groups is 1. The Morgan fingerprint density at radius 1 is 1.23 bits per heavy atom. The van der Waals surface area contributed by atoms with E-state index in [1.165, 1.54) is 29.5 Å². The third-order valence-corrected chi connectivity index (χ3v) is 4.63. The van der Waals surface area contributed by atoms with E-state index in [-0.39, 0.29) is 11.6 Å². The van der Waals surface area contributed by atoms with Crippen molar-refractivity contribution < 1.29 is 14.2 Å². The molecular weight excluding hydrogens is 380 g/mol. The molecule has 0 fully saturated rings. The van der Waals surface area contributed by atoms with Crippen molar-refractivity contribution in [1.29, 1.82) is 0 Å². The maximum atomic E-state index is 13.5. The minimum absolute atomic E-state index is 0.0209. The first-order valence-electron chi connectivity index (χ1n) is 7.81. The van der Waals surface area contributed by atoms with Crippen LogP contribution in [0.1, 0.15) is 12.5 Å². The van der Waals surface area contributed by atoms with Gasteiger partial charge in [0.15, 0.2) is 0 Å². The molecule has 0 radical (unpaired) electrons. The monoisotopic (exact) mass is 395 g/mol. The summed E-state index contributed by atoms with van der Waals surface area (Å²) < 4.78 is 20.8. The Bertz CT molecular complexity index is 875. The zero-order valence-corrected chi connectivity index (χ0v) is 15.3. The fourth-order valence-corrected chi connectivity index (χ4v) is 3.11. The topological polar surface area (TPSA) is 60.2 Å². The van der Waals surface area contributed by atoms with E-state index in [4.69, 9.17) is 27.9 Å². The van der Waals surface area contributed by atoms with Gasteiger partial charge >= 0.3 is 0 Å². The van der Waals surface area contributed by atoms with Gasteiger partial charge < -0.3 is 9.84 Å².